The van der Waals surface area contributed by atoms with Gasteiger partial charge in [0.25, 0.3) is 0 Å². The van der Waals surface area contributed by atoms with Crippen molar-refractivity contribution in [1.29, 1.82) is 0 Å². The molecule has 1 aromatic rings. The van der Waals surface area contributed by atoms with Crippen molar-refractivity contribution in [3.05, 3.63) is 17.8 Å². The van der Waals surface area contributed by atoms with E-state index in [-0.39, 0.29) is 0 Å². The fourth-order valence-electron chi connectivity index (χ4n) is 0.868. The molecule has 0 saturated heterocycles. The van der Waals surface area contributed by atoms with Crippen molar-refractivity contribution < 1.29 is 4.74 Å². The number of nitrogens with one attached hydrogen (secondary N) is 1. The number of hydrogen-bond acceptors (Lipinski definition) is 3. The molecule has 0 amide bonds. The molecular weight excluding hydrogens is 172 g/mol. The molecule has 1 rings (SSSR count). The van der Waals surface area contributed by atoms with Gasteiger partial charge >= 0.3 is 0 Å². The Hall–Kier alpha value is -1.16. The fraction of sp³-hybridized carbons (Fsp3) is 0.250. The van der Waals surface area contributed by atoms with Gasteiger partial charge in [-0.1, -0.05) is 12.2 Å². The number of hydrogen-bond donors (Lipinski definition) is 1. The van der Waals surface area contributed by atoms with Crippen molar-refractivity contribution in [3.8, 4) is 5.88 Å². The van der Waals surface area contributed by atoms with Crippen LogP contribution in [0.5, 0.6) is 5.88 Å². The topological polar surface area (TPSA) is 34.1 Å². The summed E-state index contributed by atoms with van der Waals surface area (Å²) in [7, 11) is 1.59. The Morgan fingerprint density at radius 2 is 2.33 bits per heavy atom. The monoisotopic (exact) mass is 182 g/mol. The van der Waals surface area contributed by atoms with Crippen molar-refractivity contribution in [2.24, 2.45) is 0 Å². The van der Waals surface area contributed by atoms with Crippen molar-refractivity contribution in [1.82, 2.24) is 4.98 Å². The van der Waals surface area contributed by atoms with E-state index < -0.39 is 0 Å². The number of thiocarbonyl (C=S) groups is 1. The molecule has 0 aliphatic carbocycles. The SMILES string of the molecule is COc1ccc(NC=S)c(C)n1. The smallest absolute Gasteiger partial charge is 0.213 e. The molecule has 0 aromatic carbocycles. The Morgan fingerprint density at radius 1 is 1.58 bits per heavy atom. The first-order valence-electron chi connectivity index (χ1n) is 3.49. The van der Waals surface area contributed by atoms with Crippen molar-refractivity contribution in [2.75, 3.05) is 12.4 Å². The van der Waals surface area contributed by atoms with Gasteiger partial charge in [0.2, 0.25) is 5.88 Å². The molecule has 12 heavy (non-hydrogen) atoms. The van der Waals surface area contributed by atoms with E-state index in [1.54, 1.807) is 13.2 Å². The number of rotatable bonds is 3. The lowest BCUT2D eigenvalue weighted by atomic mass is 10.3. The van der Waals surface area contributed by atoms with Gasteiger partial charge < -0.3 is 10.1 Å². The van der Waals surface area contributed by atoms with Crippen LogP contribution in [-0.4, -0.2) is 17.6 Å². The molecule has 1 aromatic heterocycles. The van der Waals surface area contributed by atoms with Crippen LogP contribution in [-0.2, 0) is 0 Å². The number of anilines is 1. The van der Waals surface area contributed by atoms with Crippen molar-refractivity contribution in [2.45, 2.75) is 6.92 Å². The fourth-order valence-corrected chi connectivity index (χ4v) is 0.995. The minimum Gasteiger partial charge on any atom is -0.481 e. The highest BCUT2D eigenvalue weighted by atomic mass is 32.1. The first-order chi connectivity index (χ1) is 5.77. The Bertz CT molecular complexity index is 288. The van der Waals surface area contributed by atoms with Crippen LogP contribution in [0.15, 0.2) is 12.1 Å². The number of nitrogens with zero attached hydrogens (tertiary/aromatic N) is 1. The largest absolute Gasteiger partial charge is 0.481 e. The van der Waals surface area contributed by atoms with Gasteiger partial charge in [-0.05, 0) is 13.0 Å². The summed E-state index contributed by atoms with van der Waals surface area (Å²) >= 11 is 4.66. The van der Waals surface area contributed by atoms with Gasteiger partial charge in [0.1, 0.15) is 0 Å². The second kappa shape index (κ2) is 4.01. The van der Waals surface area contributed by atoms with Gasteiger partial charge in [-0.15, -0.1) is 0 Å². The molecule has 0 radical (unpaired) electrons. The van der Waals surface area contributed by atoms with E-state index in [9.17, 15) is 0 Å². The van der Waals surface area contributed by atoms with Crippen molar-refractivity contribution in [3.63, 3.8) is 0 Å². The van der Waals surface area contributed by atoms with E-state index in [4.69, 9.17) is 4.74 Å². The van der Waals surface area contributed by atoms with Gasteiger partial charge in [0.15, 0.2) is 0 Å². The lowest BCUT2D eigenvalue weighted by molar-refractivity contribution is 0.397. The third-order valence-electron chi connectivity index (χ3n) is 1.48. The average molecular weight is 182 g/mol. The van der Waals surface area contributed by atoms with Gasteiger partial charge in [-0.25, -0.2) is 4.98 Å². The third-order valence-corrected chi connectivity index (χ3v) is 1.60. The summed E-state index contributed by atoms with van der Waals surface area (Å²) in [6.45, 7) is 1.89. The highest BCUT2D eigenvalue weighted by Crippen LogP contribution is 2.15. The molecule has 0 unspecified atom stereocenters. The zero-order chi connectivity index (χ0) is 8.97. The van der Waals surface area contributed by atoms with E-state index in [1.165, 1.54) is 5.49 Å². The van der Waals surface area contributed by atoms with Crippen LogP contribution in [0.2, 0.25) is 0 Å². The van der Waals surface area contributed by atoms with Crippen LogP contribution in [0.4, 0.5) is 5.69 Å². The number of aromatic nitrogens is 1. The zero-order valence-electron chi connectivity index (χ0n) is 7.00. The Balaban J connectivity index is 2.94. The molecule has 0 aliphatic rings. The molecule has 3 nitrogen and oxygen atoms in total. The van der Waals surface area contributed by atoms with Gasteiger partial charge in [-0.2, -0.15) is 0 Å². The van der Waals surface area contributed by atoms with E-state index in [0.29, 0.717) is 5.88 Å². The molecule has 0 bridgehead atoms. The Labute approximate surface area is 76.8 Å². The summed E-state index contributed by atoms with van der Waals surface area (Å²) in [5, 5.41) is 2.90. The van der Waals surface area contributed by atoms with E-state index in [0.717, 1.165) is 11.4 Å². The highest BCUT2D eigenvalue weighted by Gasteiger charge is 1.98. The summed E-state index contributed by atoms with van der Waals surface area (Å²) in [6, 6.07) is 3.66. The first-order valence-corrected chi connectivity index (χ1v) is 3.97. The minimum absolute atomic E-state index is 0.613. The number of methoxy groups -OCH3 is 1. The lowest BCUT2D eigenvalue weighted by Gasteiger charge is -2.05. The maximum absolute atomic E-state index is 4.95. The van der Waals surface area contributed by atoms with Crippen LogP contribution in [0.25, 0.3) is 0 Å². The quantitative estimate of drug-likeness (QED) is 0.722. The molecule has 0 aliphatic heterocycles. The van der Waals surface area contributed by atoms with Crippen LogP contribution < -0.4 is 10.1 Å². The molecule has 0 spiro atoms. The third kappa shape index (κ3) is 1.92. The average Bonchev–Trinajstić information content (AvgIpc) is 2.09. The second-order valence-corrected chi connectivity index (χ2v) is 2.48. The number of aryl methyl sites for hydroxylation is 1. The maximum Gasteiger partial charge on any atom is 0.213 e. The van der Waals surface area contributed by atoms with Crippen LogP contribution in [0, 0.1) is 6.92 Å². The molecule has 0 fully saturated rings. The standard InChI is InChI=1S/C8H10N2OS/c1-6-7(9-5-12)3-4-8(10-6)11-2/h3-5H,1-2H3,(H,9,12). The lowest BCUT2D eigenvalue weighted by Crippen LogP contribution is -1.98. The molecule has 4 heteroatoms. The summed E-state index contributed by atoms with van der Waals surface area (Å²) in [5.41, 5.74) is 3.23. The van der Waals surface area contributed by atoms with E-state index in [1.807, 2.05) is 13.0 Å². The zero-order valence-corrected chi connectivity index (χ0v) is 7.81. The van der Waals surface area contributed by atoms with Gasteiger partial charge in [0, 0.05) is 6.07 Å². The Kier molecular flexibility index (Phi) is 2.99. The summed E-state index contributed by atoms with van der Waals surface area (Å²) in [4.78, 5) is 4.16. The van der Waals surface area contributed by atoms with Crippen LogP contribution >= 0.6 is 12.2 Å². The number of ether oxygens (including phenoxy) is 1. The summed E-state index contributed by atoms with van der Waals surface area (Å²) < 4.78 is 4.95. The van der Waals surface area contributed by atoms with E-state index in [2.05, 4.69) is 22.5 Å². The minimum atomic E-state index is 0.613. The second-order valence-electron chi connectivity index (χ2n) is 2.25. The summed E-state index contributed by atoms with van der Waals surface area (Å²) in [5.74, 6) is 0.613. The van der Waals surface area contributed by atoms with Crippen LogP contribution in [0.1, 0.15) is 5.69 Å². The highest BCUT2D eigenvalue weighted by molar-refractivity contribution is 7.79. The normalized spacial score (nSPS) is 9.17. The molecule has 64 valence electrons. The number of pyridine rings is 1. The van der Waals surface area contributed by atoms with Gasteiger partial charge in [0.05, 0.1) is 24.0 Å². The predicted molar refractivity (Wildman–Crippen MR) is 52.8 cm³/mol. The molecule has 1 N–H and O–H groups in total. The molecule has 0 saturated carbocycles. The van der Waals surface area contributed by atoms with Crippen LogP contribution in [0.3, 0.4) is 0 Å². The predicted octanol–water partition coefficient (Wildman–Crippen LogP) is 1.77. The molecule has 0 atom stereocenters. The summed E-state index contributed by atoms with van der Waals surface area (Å²) in [6.07, 6.45) is 0. The van der Waals surface area contributed by atoms with E-state index >= 15 is 0 Å². The molecule has 1 heterocycles. The Morgan fingerprint density at radius 3 is 2.83 bits per heavy atom. The molecular formula is C8H10N2OS. The van der Waals surface area contributed by atoms with Crippen molar-refractivity contribution >= 4 is 23.4 Å². The maximum atomic E-state index is 4.95. The first kappa shape index (κ1) is 8.93. The van der Waals surface area contributed by atoms with Gasteiger partial charge in [-0.3, -0.25) is 0 Å².